The van der Waals surface area contributed by atoms with E-state index in [1.54, 1.807) is 6.33 Å². The van der Waals surface area contributed by atoms with Crippen molar-refractivity contribution >= 4 is 11.5 Å². The van der Waals surface area contributed by atoms with Crippen LogP contribution in [0, 0.1) is 0 Å². The number of anilines is 1. The molecule has 0 unspecified atom stereocenters. The van der Waals surface area contributed by atoms with E-state index in [9.17, 15) is 0 Å². The molecule has 0 bridgehead atoms. The molecule has 1 aromatic heterocycles. The zero-order valence-electron chi connectivity index (χ0n) is 10.5. The highest BCUT2D eigenvalue weighted by atomic mass is 15.5. The zero-order valence-corrected chi connectivity index (χ0v) is 10.5. The van der Waals surface area contributed by atoms with Gasteiger partial charge in [-0.15, -0.1) is 0 Å². The van der Waals surface area contributed by atoms with Crippen molar-refractivity contribution in [3.63, 3.8) is 0 Å². The lowest BCUT2D eigenvalue weighted by atomic mass is 10.0. The van der Waals surface area contributed by atoms with Gasteiger partial charge in [0.15, 0.2) is 5.82 Å². The number of aromatic nitrogens is 2. The smallest absolute Gasteiger partial charge is 0.156 e. The van der Waals surface area contributed by atoms with Crippen molar-refractivity contribution < 1.29 is 0 Å². The first-order valence-corrected chi connectivity index (χ1v) is 5.93. The Hall–Kier alpha value is -2.23. The summed E-state index contributed by atoms with van der Waals surface area (Å²) in [7, 11) is 1.92. The Balaban J connectivity index is 2.18. The van der Waals surface area contributed by atoms with Crippen LogP contribution in [-0.2, 0) is 6.42 Å². The third-order valence-electron chi connectivity index (χ3n) is 3.03. The number of hydrogen-bond donors (Lipinski definition) is 0. The molecule has 0 aliphatic carbocycles. The van der Waals surface area contributed by atoms with Crippen LogP contribution in [0.5, 0.6) is 0 Å². The molecule has 2 aromatic rings. The van der Waals surface area contributed by atoms with E-state index in [-0.39, 0.29) is 0 Å². The predicted octanol–water partition coefficient (Wildman–Crippen LogP) is 2.51. The molecule has 0 atom stereocenters. The Morgan fingerprint density at radius 1 is 1.11 bits per heavy atom. The van der Waals surface area contributed by atoms with Gasteiger partial charge in [-0.05, 0) is 6.92 Å². The summed E-state index contributed by atoms with van der Waals surface area (Å²) in [6, 6.07) is 10.2. The molecule has 0 fully saturated rings. The van der Waals surface area contributed by atoms with Crippen LogP contribution < -0.4 is 5.01 Å². The Labute approximate surface area is 106 Å². The highest BCUT2D eigenvalue weighted by Crippen LogP contribution is 2.30. The molecule has 90 valence electrons. The van der Waals surface area contributed by atoms with E-state index in [2.05, 4.69) is 27.2 Å². The lowest BCUT2D eigenvalue weighted by molar-refractivity contribution is 0.910. The number of hydrazone groups is 1. The molecule has 18 heavy (non-hydrogen) atoms. The van der Waals surface area contributed by atoms with Gasteiger partial charge in [-0.25, -0.2) is 9.97 Å². The van der Waals surface area contributed by atoms with Crippen molar-refractivity contribution in [1.29, 1.82) is 0 Å². The lowest BCUT2D eigenvalue weighted by Gasteiger charge is -2.23. The molecule has 4 nitrogen and oxygen atoms in total. The standard InChI is InChI=1S/C14H14N4/c1-10-8-12-13(11-6-4-3-5-7-11)15-9-16-14(12)18(2)17-10/h3-7,9H,8H2,1-2H3. The van der Waals surface area contributed by atoms with E-state index in [1.807, 2.05) is 37.2 Å². The minimum Gasteiger partial charge on any atom is -0.251 e. The molecule has 2 heterocycles. The molecule has 1 aromatic carbocycles. The molecule has 0 saturated heterocycles. The number of rotatable bonds is 1. The van der Waals surface area contributed by atoms with E-state index >= 15 is 0 Å². The highest BCUT2D eigenvalue weighted by molar-refractivity contribution is 5.90. The summed E-state index contributed by atoms with van der Waals surface area (Å²) in [5.74, 6) is 0.898. The summed E-state index contributed by atoms with van der Waals surface area (Å²) in [5.41, 5.74) is 4.36. The molecule has 0 amide bonds. The second-order valence-electron chi connectivity index (χ2n) is 4.43. The first-order chi connectivity index (χ1) is 8.75. The fourth-order valence-corrected chi connectivity index (χ4v) is 2.28. The number of hydrogen-bond acceptors (Lipinski definition) is 4. The molecule has 0 spiro atoms. The average molecular weight is 238 g/mol. The molecule has 0 saturated carbocycles. The Morgan fingerprint density at radius 3 is 2.67 bits per heavy atom. The average Bonchev–Trinajstić information content (AvgIpc) is 2.39. The van der Waals surface area contributed by atoms with E-state index in [4.69, 9.17) is 0 Å². The first-order valence-electron chi connectivity index (χ1n) is 5.93. The van der Waals surface area contributed by atoms with E-state index < -0.39 is 0 Å². The number of fused-ring (bicyclic) bond motifs is 1. The van der Waals surface area contributed by atoms with Gasteiger partial charge in [-0.2, -0.15) is 5.10 Å². The molecule has 4 heteroatoms. The van der Waals surface area contributed by atoms with Gasteiger partial charge in [0, 0.05) is 30.3 Å². The summed E-state index contributed by atoms with van der Waals surface area (Å²) in [6.45, 7) is 2.03. The molecular formula is C14H14N4. The van der Waals surface area contributed by atoms with Crippen LogP contribution in [0.1, 0.15) is 12.5 Å². The summed E-state index contributed by atoms with van der Waals surface area (Å²) < 4.78 is 0. The molecule has 0 N–H and O–H groups in total. The van der Waals surface area contributed by atoms with Crippen molar-refractivity contribution in [1.82, 2.24) is 9.97 Å². The van der Waals surface area contributed by atoms with Crippen LogP contribution in [-0.4, -0.2) is 22.7 Å². The van der Waals surface area contributed by atoms with Gasteiger partial charge < -0.3 is 0 Å². The maximum absolute atomic E-state index is 4.44. The van der Waals surface area contributed by atoms with Crippen LogP contribution in [0.25, 0.3) is 11.3 Å². The van der Waals surface area contributed by atoms with Gasteiger partial charge in [0.25, 0.3) is 0 Å². The predicted molar refractivity (Wildman–Crippen MR) is 72.7 cm³/mol. The van der Waals surface area contributed by atoms with Gasteiger partial charge in [0.05, 0.1) is 5.69 Å². The minimum absolute atomic E-state index is 0.810. The monoisotopic (exact) mass is 238 g/mol. The van der Waals surface area contributed by atoms with E-state index in [1.165, 1.54) is 0 Å². The molecule has 1 aliphatic rings. The topological polar surface area (TPSA) is 41.4 Å². The third kappa shape index (κ3) is 1.76. The first kappa shape index (κ1) is 10.9. The van der Waals surface area contributed by atoms with E-state index in [0.29, 0.717) is 0 Å². The highest BCUT2D eigenvalue weighted by Gasteiger charge is 2.20. The van der Waals surface area contributed by atoms with Crippen LogP contribution in [0.4, 0.5) is 5.82 Å². The van der Waals surface area contributed by atoms with Crippen LogP contribution in [0.3, 0.4) is 0 Å². The van der Waals surface area contributed by atoms with E-state index in [0.717, 1.165) is 34.8 Å². The maximum Gasteiger partial charge on any atom is 0.156 e. The number of benzene rings is 1. The SMILES string of the molecule is CC1=NN(C)c2ncnc(-c3ccccc3)c2C1. The second-order valence-corrected chi connectivity index (χ2v) is 4.43. The van der Waals surface area contributed by atoms with Crippen LogP contribution in [0.2, 0.25) is 0 Å². The molecule has 1 aliphatic heterocycles. The minimum atomic E-state index is 0.810. The van der Waals surface area contributed by atoms with Crippen molar-refractivity contribution in [3.8, 4) is 11.3 Å². The molecular weight excluding hydrogens is 224 g/mol. The van der Waals surface area contributed by atoms with Gasteiger partial charge in [-0.1, -0.05) is 30.3 Å². The summed E-state index contributed by atoms with van der Waals surface area (Å²) in [5, 5.41) is 6.24. The number of nitrogens with zero attached hydrogens (tertiary/aromatic N) is 4. The molecule has 0 radical (unpaired) electrons. The van der Waals surface area contributed by atoms with Gasteiger partial charge in [0.2, 0.25) is 0 Å². The Bertz CT molecular complexity index is 604. The van der Waals surface area contributed by atoms with Crippen LogP contribution >= 0.6 is 0 Å². The van der Waals surface area contributed by atoms with Crippen molar-refractivity contribution in [3.05, 3.63) is 42.2 Å². The lowest BCUT2D eigenvalue weighted by Crippen LogP contribution is -2.22. The van der Waals surface area contributed by atoms with Crippen molar-refractivity contribution in [2.75, 3.05) is 12.1 Å². The Kier molecular flexibility index (Phi) is 2.55. The van der Waals surface area contributed by atoms with Crippen LogP contribution in [0.15, 0.2) is 41.8 Å². The van der Waals surface area contributed by atoms with Crippen molar-refractivity contribution in [2.24, 2.45) is 5.10 Å². The molecule has 3 rings (SSSR count). The quantitative estimate of drug-likeness (QED) is 0.766. The third-order valence-corrected chi connectivity index (χ3v) is 3.03. The van der Waals surface area contributed by atoms with Crippen molar-refractivity contribution in [2.45, 2.75) is 13.3 Å². The summed E-state index contributed by atoms with van der Waals surface area (Å²) >= 11 is 0. The second kappa shape index (κ2) is 4.22. The largest absolute Gasteiger partial charge is 0.251 e. The van der Waals surface area contributed by atoms with Gasteiger partial charge in [0.1, 0.15) is 6.33 Å². The Morgan fingerprint density at radius 2 is 1.89 bits per heavy atom. The maximum atomic E-state index is 4.44. The fraction of sp³-hybridized carbons (Fsp3) is 0.214. The zero-order chi connectivity index (χ0) is 12.5. The summed E-state index contributed by atoms with van der Waals surface area (Å²) in [4.78, 5) is 8.77. The normalized spacial score (nSPS) is 14.1. The fourth-order valence-electron chi connectivity index (χ4n) is 2.28. The van der Waals surface area contributed by atoms with Gasteiger partial charge in [-0.3, -0.25) is 5.01 Å². The summed E-state index contributed by atoms with van der Waals surface area (Å²) in [6.07, 6.45) is 2.42. The van der Waals surface area contributed by atoms with Gasteiger partial charge >= 0.3 is 0 Å².